The van der Waals surface area contributed by atoms with Crippen molar-refractivity contribution in [3.05, 3.63) is 52.5 Å². The van der Waals surface area contributed by atoms with Crippen LogP contribution in [0.3, 0.4) is 0 Å². The van der Waals surface area contributed by atoms with Crippen LogP contribution in [0.1, 0.15) is 36.4 Å². The third-order valence-corrected chi connectivity index (χ3v) is 3.91. The summed E-state index contributed by atoms with van der Waals surface area (Å²) in [7, 11) is 0. The molecule has 90 valence electrons. The molecule has 3 heteroatoms. The van der Waals surface area contributed by atoms with Gasteiger partial charge in [-0.2, -0.15) is 0 Å². The summed E-state index contributed by atoms with van der Waals surface area (Å²) in [5.74, 6) is 0.473. The van der Waals surface area contributed by atoms with Crippen LogP contribution in [-0.4, -0.2) is 11.5 Å². The Morgan fingerprint density at radius 1 is 1.24 bits per heavy atom. The van der Waals surface area contributed by atoms with E-state index in [1.165, 1.54) is 10.6 Å². The van der Waals surface area contributed by atoms with E-state index in [1.54, 1.807) is 11.3 Å². The van der Waals surface area contributed by atoms with Gasteiger partial charge in [0.2, 0.25) is 0 Å². The van der Waals surface area contributed by atoms with Crippen molar-refractivity contribution in [2.24, 2.45) is 0 Å². The Balaban J connectivity index is 1.86. The second-order valence-corrected chi connectivity index (χ2v) is 5.24. The highest BCUT2D eigenvalue weighted by atomic mass is 32.1. The first-order valence-electron chi connectivity index (χ1n) is 5.95. The zero-order chi connectivity index (χ0) is 12.1. The second-order valence-electron chi connectivity index (χ2n) is 4.31. The van der Waals surface area contributed by atoms with Gasteiger partial charge in [-0.3, -0.25) is 0 Å². The number of thiazole rings is 1. The molecule has 0 saturated carbocycles. The van der Waals surface area contributed by atoms with E-state index in [0.717, 1.165) is 6.54 Å². The van der Waals surface area contributed by atoms with E-state index in [2.05, 4.69) is 54.5 Å². The summed E-state index contributed by atoms with van der Waals surface area (Å²) in [6.07, 6.45) is 1.87. The van der Waals surface area contributed by atoms with Gasteiger partial charge in [0, 0.05) is 30.1 Å². The molecule has 0 aliphatic carbocycles. The fraction of sp³-hybridized carbons (Fsp3) is 0.357. The fourth-order valence-corrected chi connectivity index (χ4v) is 2.48. The maximum absolute atomic E-state index is 4.35. The molecule has 2 rings (SSSR count). The molecule has 0 spiro atoms. The van der Waals surface area contributed by atoms with Crippen LogP contribution >= 0.6 is 11.3 Å². The predicted molar refractivity (Wildman–Crippen MR) is 73.4 cm³/mol. The zero-order valence-corrected chi connectivity index (χ0v) is 11.1. The lowest BCUT2D eigenvalue weighted by molar-refractivity contribution is 0.536. The summed E-state index contributed by atoms with van der Waals surface area (Å²) in [5, 5.41) is 6.79. The van der Waals surface area contributed by atoms with Crippen LogP contribution in [0.4, 0.5) is 0 Å². The van der Waals surface area contributed by atoms with Gasteiger partial charge in [0.25, 0.3) is 0 Å². The number of rotatable bonds is 5. The SMILES string of the molecule is CC(CNC(C)c1ccccc1)c1nccs1. The van der Waals surface area contributed by atoms with Crippen molar-refractivity contribution in [2.45, 2.75) is 25.8 Å². The van der Waals surface area contributed by atoms with E-state index in [4.69, 9.17) is 0 Å². The maximum atomic E-state index is 4.35. The molecule has 2 unspecified atom stereocenters. The van der Waals surface area contributed by atoms with E-state index in [0.29, 0.717) is 12.0 Å². The standard InChI is InChI=1S/C14H18N2S/c1-11(14-15-8-9-17-14)10-16-12(2)13-6-4-3-5-7-13/h3-9,11-12,16H,10H2,1-2H3. The molecule has 17 heavy (non-hydrogen) atoms. The van der Waals surface area contributed by atoms with Gasteiger partial charge in [0.15, 0.2) is 0 Å². The van der Waals surface area contributed by atoms with Crippen molar-refractivity contribution in [2.75, 3.05) is 6.54 Å². The maximum Gasteiger partial charge on any atom is 0.0965 e. The van der Waals surface area contributed by atoms with Crippen LogP contribution in [0, 0.1) is 0 Å². The highest BCUT2D eigenvalue weighted by molar-refractivity contribution is 7.09. The van der Waals surface area contributed by atoms with Crippen LogP contribution in [0.2, 0.25) is 0 Å². The third-order valence-electron chi connectivity index (χ3n) is 2.90. The number of nitrogens with one attached hydrogen (secondary N) is 1. The van der Waals surface area contributed by atoms with Crippen LogP contribution in [0.15, 0.2) is 41.9 Å². The molecule has 0 saturated heterocycles. The zero-order valence-electron chi connectivity index (χ0n) is 10.3. The largest absolute Gasteiger partial charge is 0.310 e. The Kier molecular flexibility index (Phi) is 4.29. The summed E-state index contributed by atoms with van der Waals surface area (Å²) in [6, 6.07) is 10.9. The molecule has 2 atom stereocenters. The molecule has 0 radical (unpaired) electrons. The van der Waals surface area contributed by atoms with Crippen molar-refractivity contribution in [3.63, 3.8) is 0 Å². The van der Waals surface area contributed by atoms with Crippen molar-refractivity contribution in [3.8, 4) is 0 Å². The summed E-state index contributed by atoms with van der Waals surface area (Å²) in [5.41, 5.74) is 1.33. The molecule has 1 aromatic heterocycles. The van der Waals surface area contributed by atoms with Crippen LogP contribution in [0.25, 0.3) is 0 Å². The number of nitrogens with zero attached hydrogens (tertiary/aromatic N) is 1. The molecule has 0 aliphatic heterocycles. The van der Waals surface area contributed by atoms with Crippen LogP contribution < -0.4 is 5.32 Å². The molecule has 1 N–H and O–H groups in total. The van der Waals surface area contributed by atoms with E-state index in [1.807, 2.05) is 11.6 Å². The normalized spacial score (nSPS) is 14.5. The Labute approximate surface area is 107 Å². The molecule has 0 amide bonds. The topological polar surface area (TPSA) is 24.9 Å². The molecular weight excluding hydrogens is 228 g/mol. The minimum Gasteiger partial charge on any atom is -0.310 e. The van der Waals surface area contributed by atoms with Gasteiger partial charge in [0.1, 0.15) is 0 Å². The first-order valence-corrected chi connectivity index (χ1v) is 6.83. The second kappa shape index (κ2) is 5.94. The molecule has 1 heterocycles. The average Bonchev–Trinajstić information content (AvgIpc) is 2.90. The van der Waals surface area contributed by atoms with Crippen molar-refractivity contribution in [1.29, 1.82) is 0 Å². The van der Waals surface area contributed by atoms with Crippen molar-refractivity contribution < 1.29 is 0 Å². The lowest BCUT2D eigenvalue weighted by atomic mass is 10.1. The summed E-state index contributed by atoms with van der Waals surface area (Å²) >= 11 is 1.73. The van der Waals surface area contributed by atoms with Gasteiger partial charge in [-0.25, -0.2) is 4.98 Å². The summed E-state index contributed by atoms with van der Waals surface area (Å²) in [6.45, 7) is 5.37. The Hall–Kier alpha value is -1.19. The lowest BCUT2D eigenvalue weighted by Crippen LogP contribution is -2.23. The smallest absolute Gasteiger partial charge is 0.0965 e. The fourth-order valence-electron chi connectivity index (χ4n) is 1.78. The molecule has 2 aromatic rings. The summed E-state index contributed by atoms with van der Waals surface area (Å²) in [4.78, 5) is 4.35. The first kappa shape index (κ1) is 12.3. The van der Waals surface area contributed by atoms with Gasteiger partial charge in [-0.15, -0.1) is 11.3 Å². The third kappa shape index (κ3) is 3.38. The highest BCUT2D eigenvalue weighted by Gasteiger charge is 2.10. The molecule has 0 aliphatic rings. The van der Waals surface area contributed by atoms with Crippen molar-refractivity contribution >= 4 is 11.3 Å². The Morgan fingerprint density at radius 3 is 2.65 bits per heavy atom. The van der Waals surface area contributed by atoms with Crippen LogP contribution in [-0.2, 0) is 0 Å². The highest BCUT2D eigenvalue weighted by Crippen LogP contribution is 2.18. The van der Waals surface area contributed by atoms with Gasteiger partial charge >= 0.3 is 0 Å². The number of hydrogen-bond acceptors (Lipinski definition) is 3. The van der Waals surface area contributed by atoms with Crippen molar-refractivity contribution in [1.82, 2.24) is 10.3 Å². The number of aromatic nitrogens is 1. The minimum atomic E-state index is 0.388. The molecule has 0 bridgehead atoms. The van der Waals surface area contributed by atoms with Crippen LogP contribution in [0.5, 0.6) is 0 Å². The minimum absolute atomic E-state index is 0.388. The Morgan fingerprint density at radius 2 is 2.00 bits per heavy atom. The van der Waals surface area contributed by atoms with E-state index in [-0.39, 0.29) is 0 Å². The number of hydrogen-bond donors (Lipinski definition) is 1. The van der Waals surface area contributed by atoms with E-state index < -0.39 is 0 Å². The molecular formula is C14H18N2S. The predicted octanol–water partition coefficient (Wildman–Crippen LogP) is 3.60. The summed E-state index contributed by atoms with van der Waals surface area (Å²) < 4.78 is 0. The monoisotopic (exact) mass is 246 g/mol. The van der Waals surface area contributed by atoms with Gasteiger partial charge in [-0.05, 0) is 12.5 Å². The molecule has 2 nitrogen and oxygen atoms in total. The van der Waals surface area contributed by atoms with E-state index >= 15 is 0 Å². The van der Waals surface area contributed by atoms with Gasteiger partial charge in [0.05, 0.1) is 5.01 Å². The first-order chi connectivity index (χ1) is 8.27. The molecule has 1 aromatic carbocycles. The molecule has 0 fully saturated rings. The van der Waals surface area contributed by atoms with Gasteiger partial charge in [-0.1, -0.05) is 37.3 Å². The Bertz CT molecular complexity index is 425. The number of benzene rings is 1. The lowest BCUT2D eigenvalue weighted by Gasteiger charge is -2.16. The quantitative estimate of drug-likeness (QED) is 0.872. The average molecular weight is 246 g/mol. The van der Waals surface area contributed by atoms with E-state index in [9.17, 15) is 0 Å². The van der Waals surface area contributed by atoms with Gasteiger partial charge < -0.3 is 5.32 Å².